The summed E-state index contributed by atoms with van der Waals surface area (Å²) in [7, 11) is 0. The highest BCUT2D eigenvalue weighted by molar-refractivity contribution is 6.30. The maximum Gasteiger partial charge on any atom is 0.317 e. The minimum Gasteiger partial charge on any atom is -0.335 e. The Morgan fingerprint density at radius 1 is 1.18 bits per heavy atom. The number of aryl methyl sites for hydroxylation is 2. The summed E-state index contributed by atoms with van der Waals surface area (Å²) < 4.78 is 2.19. The van der Waals surface area contributed by atoms with Gasteiger partial charge in [0.05, 0.1) is 5.69 Å². The van der Waals surface area contributed by atoms with Crippen LogP contribution in [-0.4, -0.2) is 44.6 Å². The number of nitrogens with one attached hydrogen (secondary N) is 1. The molecule has 2 unspecified atom stereocenters. The van der Waals surface area contributed by atoms with Crippen LogP contribution in [0.15, 0.2) is 48.9 Å². The maximum absolute atomic E-state index is 13.1. The van der Waals surface area contributed by atoms with Crippen molar-refractivity contribution in [3.63, 3.8) is 0 Å². The van der Waals surface area contributed by atoms with Crippen molar-refractivity contribution in [2.45, 2.75) is 84.2 Å². The van der Waals surface area contributed by atoms with Gasteiger partial charge in [0.25, 0.3) is 0 Å². The van der Waals surface area contributed by atoms with Gasteiger partial charge in [0.2, 0.25) is 0 Å². The molecule has 3 aromatic rings. The molecule has 1 saturated carbocycles. The number of hydrogen-bond donors (Lipinski definition) is 1. The van der Waals surface area contributed by atoms with E-state index in [1.165, 1.54) is 36.0 Å². The first-order chi connectivity index (χ1) is 19.4. The molecule has 212 valence electrons. The third-order valence-corrected chi connectivity index (χ3v) is 9.00. The molecule has 40 heavy (non-hydrogen) atoms. The number of allylic oxidation sites excluding steroid dienone is 1. The maximum atomic E-state index is 13.1. The number of hydrogen-bond acceptors (Lipinski definition) is 3. The van der Waals surface area contributed by atoms with E-state index in [1.54, 1.807) is 0 Å². The lowest BCUT2D eigenvalue weighted by Crippen LogP contribution is -2.46. The van der Waals surface area contributed by atoms with Crippen LogP contribution in [0.3, 0.4) is 0 Å². The summed E-state index contributed by atoms with van der Waals surface area (Å²) >= 11 is 6.59. The Bertz CT molecular complexity index is 1340. The van der Waals surface area contributed by atoms with E-state index in [0.717, 1.165) is 60.9 Å². The zero-order valence-electron chi connectivity index (χ0n) is 24.1. The zero-order valence-corrected chi connectivity index (χ0v) is 24.8. The number of fused-ring (bicyclic) bond motifs is 2. The molecule has 2 atom stereocenters. The second-order valence-electron chi connectivity index (χ2n) is 11.4. The molecule has 1 fully saturated rings. The number of imidazole rings is 1. The Morgan fingerprint density at radius 3 is 2.75 bits per heavy atom. The van der Waals surface area contributed by atoms with Crippen LogP contribution in [0.4, 0.5) is 4.79 Å². The Kier molecular flexibility index (Phi) is 9.25. The minimum absolute atomic E-state index is 0.0759. The number of carbonyl (C=O) groups is 1. The SMILES string of the molecule is CCN(CCC(C)C1c2ccc(Cl)cc2C(CCn2ccnc2C)=Cc2cccnc21)C(=O)NC1CCCCC1. The number of benzene rings is 1. The lowest BCUT2D eigenvalue weighted by atomic mass is 9.79. The third-order valence-electron chi connectivity index (χ3n) is 8.76. The number of amides is 2. The van der Waals surface area contributed by atoms with Crippen LogP contribution in [0.1, 0.15) is 92.9 Å². The van der Waals surface area contributed by atoms with Gasteiger partial charge in [0.15, 0.2) is 0 Å². The molecule has 6 nitrogen and oxygen atoms in total. The minimum atomic E-state index is 0.0759. The topological polar surface area (TPSA) is 63.1 Å². The van der Waals surface area contributed by atoms with E-state index >= 15 is 0 Å². The van der Waals surface area contributed by atoms with Crippen molar-refractivity contribution in [3.05, 3.63) is 82.2 Å². The van der Waals surface area contributed by atoms with E-state index in [0.29, 0.717) is 12.6 Å². The smallest absolute Gasteiger partial charge is 0.317 e. The molecule has 7 heteroatoms. The highest BCUT2D eigenvalue weighted by atomic mass is 35.5. The molecule has 2 amide bonds. The lowest BCUT2D eigenvalue weighted by molar-refractivity contribution is 0.188. The van der Waals surface area contributed by atoms with Crippen LogP contribution >= 0.6 is 11.6 Å². The summed E-state index contributed by atoms with van der Waals surface area (Å²) in [6, 6.07) is 10.9. The summed E-state index contributed by atoms with van der Waals surface area (Å²) in [6.45, 7) is 8.69. The van der Waals surface area contributed by atoms with Gasteiger partial charge in [0, 0.05) is 55.2 Å². The molecule has 2 aliphatic carbocycles. The standard InChI is InChI=1S/C33H42ClN5O/c1-4-38(33(40)37-28-10-6-5-7-11-28)18-14-23(2)31-29-13-12-27(34)22-30(29)25(15-19-39-20-17-35-24(39)3)21-26-9-8-16-36-32(26)31/h8-9,12-13,16-17,20-23,28,31H,4-7,10-11,14-15,18-19H2,1-3H3,(H,37,40). The summed E-state index contributed by atoms with van der Waals surface area (Å²) in [5, 5.41) is 4.04. The Balaban J connectivity index is 1.39. The van der Waals surface area contributed by atoms with Crippen LogP contribution in [0.2, 0.25) is 5.02 Å². The molecule has 0 bridgehead atoms. The molecule has 0 saturated heterocycles. The van der Waals surface area contributed by atoms with Gasteiger partial charge >= 0.3 is 6.03 Å². The number of carbonyl (C=O) groups excluding carboxylic acids is 1. The number of aromatic nitrogens is 3. The molecular weight excluding hydrogens is 518 g/mol. The van der Waals surface area contributed by atoms with Crippen molar-refractivity contribution in [1.29, 1.82) is 0 Å². The predicted molar refractivity (Wildman–Crippen MR) is 163 cm³/mol. The molecule has 2 aromatic heterocycles. The summed E-state index contributed by atoms with van der Waals surface area (Å²) in [6.07, 6.45) is 15.7. The summed E-state index contributed by atoms with van der Waals surface area (Å²) in [5.41, 5.74) is 5.98. The fourth-order valence-corrected chi connectivity index (χ4v) is 6.58. The molecule has 1 aromatic carbocycles. The molecule has 5 rings (SSSR count). The number of pyridine rings is 1. The van der Waals surface area contributed by atoms with E-state index < -0.39 is 0 Å². The molecule has 1 N–H and O–H groups in total. The van der Waals surface area contributed by atoms with E-state index in [4.69, 9.17) is 16.6 Å². The fourth-order valence-electron chi connectivity index (χ4n) is 6.41. The zero-order chi connectivity index (χ0) is 28.1. The van der Waals surface area contributed by atoms with Crippen molar-refractivity contribution >= 4 is 29.3 Å². The monoisotopic (exact) mass is 559 g/mol. The molecular formula is C33H42ClN5O. The molecule has 2 heterocycles. The molecule has 0 aliphatic heterocycles. The number of rotatable bonds is 9. The van der Waals surface area contributed by atoms with Gasteiger partial charge < -0.3 is 14.8 Å². The largest absolute Gasteiger partial charge is 0.335 e. The third kappa shape index (κ3) is 6.43. The van der Waals surface area contributed by atoms with Crippen molar-refractivity contribution in [3.8, 4) is 0 Å². The van der Waals surface area contributed by atoms with Crippen molar-refractivity contribution in [1.82, 2.24) is 24.8 Å². The lowest BCUT2D eigenvalue weighted by Gasteiger charge is -2.30. The Labute approximate surface area is 243 Å². The first-order valence-corrected chi connectivity index (χ1v) is 15.3. The average molecular weight is 560 g/mol. The highest BCUT2D eigenvalue weighted by Gasteiger charge is 2.31. The predicted octanol–water partition coefficient (Wildman–Crippen LogP) is 7.71. The van der Waals surface area contributed by atoms with Gasteiger partial charge in [-0.3, -0.25) is 4.98 Å². The fraction of sp³-hybridized carbons (Fsp3) is 0.485. The number of halogens is 1. The second-order valence-corrected chi connectivity index (χ2v) is 11.8. The van der Waals surface area contributed by atoms with Gasteiger partial charge in [-0.25, -0.2) is 9.78 Å². The van der Waals surface area contributed by atoms with Gasteiger partial charge in [-0.05, 0) is 92.0 Å². The van der Waals surface area contributed by atoms with E-state index in [-0.39, 0.29) is 17.9 Å². The summed E-state index contributed by atoms with van der Waals surface area (Å²) in [4.78, 5) is 24.4. The number of urea groups is 1. The van der Waals surface area contributed by atoms with Crippen LogP contribution in [-0.2, 0) is 6.54 Å². The van der Waals surface area contributed by atoms with Crippen molar-refractivity contribution in [2.24, 2.45) is 5.92 Å². The van der Waals surface area contributed by atoms with Crippen molar-refractivity contribution in [2.75, 3.05) is 13.1 Å². The van der Waals surface area contributed by atoms with Gasteiger partial charge in [-0.15, -0.1) is 0 Å². The second kappa shape index (κ2) is 13.0. The van der Waals surface area contributed by atoms with E-state index in [9.17, 15) is 4.79 Å². The number of nitrogens with zero attached hydrogens (tertiary/aromatic N) is 4. The van der Waals surface area contributed by atoms with Crippen LogP contribution in [0.25, 0.3) is 11.6 Å². The molecule has 0 spiro atoms. The Morgan fingerprint density at radius 2 is 2.00 bits per heavy atom. The van der Waals surface area contributed by atoms with Crippen molar-refractivity contribution < 1.29 is 4.79 Å². The first-order valence-electron chi connectivity index (χ1n) is 14.9. The summed E-state index contributed by atoms with van der Waals surface area (Å²) in [5.74, 6) is 1.39. The van der Waals surface area contributed by atoms with E-state index in [2.05, 4.69) is 53.0 Å². The van der Waals surface area contributed by atoms with E-state index in [1.807, 2.05) is 42.5 Å². The molecule has 0 radical (unpaired) electrons. The normalized spacial score (nSPS) is 17.8. The van der Waals surface area contributed by atoms with Gasteiger partial charge in [-0.2, -0.15) is 0 Å². The average Bonchev–Trinajstić information content (AvgIpc) is 3.31. The van der Waals surface area contributed by atoms with Gasteiger partial charge in [0.1, 0.15) is 5.82 Å². The van der Waals surface area contributed by atoms with Gasteiger partial charge in [-0.1, -0.05) is 49.9 Å². The highest BCUT2D eigenvalue weighted by Crippen LogP contribution is 2.43. The van der Waals surface area contributed by atoms with Crippen LogP contribution in [0.5, 0.6) is 0 Å². The Hall–Kier alpha value is -3.12. The molecule has 2 aliphatic rings. The van der Waals surface area contributed by atoms with Crippen LogP contribution in [0, 0.1) is 12.8 Å². The quantitative estimate of drug-likeness (QED) is 0.292. The van der Waals surface area contributed by atoms with Crippen LogP contribution < -0.4 is 5.32 Å². The first kappa shape index (κ1) is 28.4.